The van der Waals surface area contributed by atoms with Crippen molar-refractivity contribution >= 4 is 17.6 Å². The van der Waals surface area contributed by atoms with Crippen LogP contribution in [0.1, 0.15) is 5.56 Å². The third-order valence-corrected chi connectivity index (χ3v) is 2.76. The standard InChI is InChI=1S/C13H9ClFNO2/c14-11-7-16-12(5-9(11)6-13(17)18)8-1-3-10(15)4-2-8/h1-5,7H,6H2,(H,17,18). The average molecular weight is 266 g/mol. The van der Waals surface area contributed by atoms with Crippen LogP contribution in [0.4, 0.5) is 4.39 Å². The molecule has 18 heavy (non-hydrogen) atoms. The van der Waals surface area contributed by atoms with E-state index in [9.17, 15) is 9.18 Å². The molecule has 0 aliphatic carbocycles. The van der Waals surface area contributed by atoms with Gasteiger partial charge in [-0.2, -0.15) is 0 Å². The number of rotatable bonds is 3. The molecule has 0 bridgehead atoms. The van der Waals surface area contributed by atoms with Crippen LogP contribution in [0.5, 0.6) is 0 Å². The van der Waals surface area contributed by atoms with Gasteiger partial charge in [-0.15, -0.1) is 0 Å². The van der Waals surface area contributed by atoms with Gasteiger partial charge >= 0.3 is 5.97 Å². The van der Waals surface area contributed by atoms with E-state index in [1.165, 1.54) is 18.3 Å². The summed E-state index contributed by atoms with van der Waals surface area (Å²) in [4.78, 5) is 14.8. The summed E-state index contributed by atoms with van der Waals surface area (Å²) in [6.07, 6.45) is 1.23. The molecule has 1 N–H and O–H groups in total. The van der Waals surface area contributed by atoms with Crippen LogP contribution in [-0.4, -0.2) is 16.1 Å². The van der Waals surface area contributed by atoms with Crippen molar-refractivity contribution < 1.29 is 14.3 Å². The van der Waals surface area contributed by atoms with E-state index in [-0.39, 0.29) is 12.2 Å². The van der Waals surface area contributed by atoms with Crippen LogP contribution in [-0.2, 0) is 11.2 Å². The predicted octanol–water partition coefficient (Wildman–Crippen LogP) is 3.17. The summed E-state index contributed by atoms with van der Waals surface area (Å²) in [5.41, 5.74) is 1.76. The molecule has 5 heteroatoms. The lowest BCUT2D eigenvalue weighted by Crippen LogP contribution is -2.01. The van der Waals surface area contributed by atoms with E-state index in [4.69, 9.17) is 16.7 Å². The number of carboxylic acids is 1. The van der Waals surface area contributed by atoms with Crippen LogP contribution in [0.2, 0.25) is 5.02 Å². The summed E-state index contributed by atoms with van der Waals surface area (Å²) in [6, 6.07) is 7.40. The molecule has 0 saturated heterocycles. The Morgan fingerprint density at radius 3 is 2.61 bits per heavy atom. The molecule has 0 unspecified atom stereocenters. The van der Waals surface area contributed by atoms with Gasteiger partial charge in [0.05, 0.1) is 17.1 Å². The number of aliphatic carboxylic acids is 1. The summed E-state index contributed by atoms with van der Waals surface area (Å²) >= 11 is 5.87. The van der Waals surface area contributed by atoms with Crippen molar-refractivity contribution in [3.8, 4) is 11.3 Å². The van der Waals surface area contributed by atoms with Crippen molar-refractivity contribution in [3.63, 3.8) is 0 Å². The van der Waals surface area contributed by atoms with E-state index >= 15 is 0 Å². The minimum Gasteiger partial charge on any atom is -0.481 e. The first-order chi connectivity index (χ1) is 8.56. The molecule has 1 aromatic carbocycles. The number of carbonyl (C=O) groups is 1. The Labute approximate surface area is 108 Å². The van der Waals surface area contributed by atoms with Crippen LogP contribution in [0, 0.1) is 5.82 Å². The van der Waals surface area contributed by atoms with Crippen LogP contribution < -0.4 is 0 Å². The smallest absolute Gasteiger partial charge is 0.307 e. The van der Waals surface area contributed by atoms with E-state index in [1.807, 2.05) is 0 Å². The summed E-state index contributed by atoms with van der Waals surface area (Å²) < 4.78 is 12.8. The summed E-state index contributed by atoms with van der Waals surface area (Å²) in [7, 11) is 0. The zero-order valence-corrected chi connectivity index (χ0v) is 9.99. The monoisotopic (exact) mass is 265 g/mol. The number of halogens is 2. The highest BCUT2D eigenvalue weighted by Crippen LogP contribution is 2.23. The zero-order valence-electron chi connectivity index (χ0n) is 9.23. The fourth-order valence-electron chi connectivity index (χ4n) is 1.56. The molecule has 3 nitrogen and oxygen atoms in total. The van der Waals surface area contributed by atoms with Gasteiger partial charge in [-0.3, -0.25) is 9.78 Å². The third kappa shape index (κ3) is 2.84. The Morgan fingerprint density at radius 2 is 2.00 bits per heavy atom. The van der Waals surface area contributed by atoms with E-state index in [0.717, 1.165) is 0 Å². The number of benzene rings is 1. The van der Waals surface area contributed by atoms with Crippen molar-refractivity contribution in [2.45, 2.75) is 6.42 Å². The predicted molar refractivity (Wildman–Crippen MR) is 66.0 cm³/mol. The minimum absolute atomic E-state index is 0.171. The van der Waals surface area contributed by atoms with Crippen LogP contribution in [0.15, 0.2) is 36.5 Å². The third-order valence-electron chi connectivity index (χ3n) is 2.42. The summed E-state index contributed by atoms with van der Waals surface area (Å²) in [5.74, 6) is -1.30. The Bertz CT molecular complexity index is 584. The maximum Gasteiger partial charge on any atom is 0.307 e. The Balaban J connectivity index is 2.40. The highest BCUT2D eigenvalue weighted by Gasteiger charge is 2.08. The van der Waals surface area contributed by atoms with E-state index in [1.54, 1.807) is 18.2 Å². The van der Waals surface area contributed by atoms with Gasteiger partial charge in [0.25, 0.3) is 0 Å². The molecule has 0 amide bonds. The van der Waals surface area contributed by atoms with Gasteiger partial charge in [0, 0.05) is 11.8 Å². The maximum absolute atomic E-state index is 12.8. The van der Waals surface area contributed by atoms with Crippen LogP contribution in [0.3, 0.4) is 0 Å². The topological polar surface area (TPSA) is 50.2 Å². The molecule has 92 valence electrons. The molecular formula is C13H9ClFNO2. The minimum atomic E-state index is -0.965. The molecule has 1 aromatic heterocycles. The number of nitrogens with zero attached hydrogens (tertiary/aromatic N) is 1. The normalized spacial score (nSPS) is 10.3. The van der Waals surface area contributed by atoms with Crippen molar-refractivity contribution in [1.29, 1.82) is 0 Å². The highest BCUT2D eigenvalue weighted by atomic mass is 35.5. The van der Waals surface area contributed by atoms with Crippen molar-refractivity contribution in [2.75, 3.05) is 0 Å². The number of hydrogen-bond donors (Lipinski definition) is 1. The van der Waals surface area contributed by atoms with Crippen molar-refractivity contribution in [2.24, 2.45) is 0 Å². The van der Waals surface area contributed by atoms with E-state index in [2.05, 4.69) is 4.98 Å². The molecule has 0 fully saturated rings. The number of aromatic nitrogens is 1. The lowest BCUT2D eigenvalue weighted by atomic mass is 10.1. The van der Waals surface area contributed by atoms with E-state index < -0.39 is 5.97 Å². The molecule has 0 atom stereocenters. The Morgan fingerprint density at radius 1 is 1.33 bits per heavy atom. The molecule has 0 aliphatic heterocycles. The number of hydrogen-bond acceptors (Lipinski definition) is 2. The Hall–Kier alpha value is -1.94. The SMILES string of the molecule is O=C(O)Cc1cc(-c2ccc(F)cc2)ncc1Cl. The van der Waals surface area contributed by atoms with Crippen molar-refractivity contribution in [3.05, 3.63) is 52.9 Å². The maximum atomic E-state index is 12.8. The van der Waals surface area contributed by atoms with Gasteiger partial charge in [-0.25, -0.2) is 4.39 Å². The fourth-order valence-corrected chi connectivity index (χ4v) is 1.73. The van der Waals surface area contributed by atoms with Gasteiger partial charge in [-0.05, 0) is 35.9 Å². The first-order valence-electron chi connectivity index (χ1n) is 5.18. The van der Waals surface area contributed by atoms with Gasteiger partial charge in [0.1, 0.15) is 5.82 Å². The lowest BCUT2D eigenvalue weighted by molar-refractivity contribution is -0.136. The largest absolute Gasteiger partial charge is 0.481 e. The van der Waals surface area contributed by atoms with Gasteiger partial charge in [-0.1, -0.05) is 11.6 Å². The number of pyridine rings is 1. The van der Waals surface area contributed by atoms with Gasteiger partial charge in [0.2, 0.25) is 0 Å². The van der Waals surface area contributed by atoms with Gasteiger partial charge < -0.3 is 5.11 Å². The second kappa shape index (κ2) is 5.14. The number of carboxylic acid groups (broad SMARTS) is 1. The summed E-state index contributed by atoms with van der Waals surface area (Å²) in [6.45, 7) is 0. The molecule has 1 heterocycles. The lowest BCUT2D eigenvalue weighted by Gasteiger charge is -2.05. The second-order valence-corrected chi connectivity index (χ2v) is 4.15. The van der Waals surface area contributed by atoms with Gasteiger partial charge in [0.15, 0.2) is 0 Å². The van der Waals surface area contributed by atoms with E-state index in [0.29, 0.717) is 21.8 Å². The first-order valence-corrected chi connectivity index (χ1v) is 5.56. The molecule has 2 rings (SSSR count). The summed E-state index contributed by atoms with van der Waals surface area (Å²) in [5, 5.41) is 9.07. The zero-order chi connectivity index (χ0) is 13.1. The highest BCUT2D eigenvalue weighted by molar-refractivity contribution is 6.31. The molecule has 0 radical (unpaired) electrons. The molecule has 0 aliphatic rings. The first kappa shape index (κ1) is 12.5. The molecule has 0 spiro atoms. The average Bonchev–Trinajstić information content (AvgIpc) is 2.32. The van der Waals surface area contributed by atoms with Crippen LogP contribution >= 0.6 is 11.6 Å². The molecular weight excluding hydrogens is 257 g/mol. The molecule has 0 saturated carbocycles. The van der Waals surface area contributed by atoms with Crippen molar-refractivity contribution in [1.82, 2.24) is 4.98 Å². The van der Waals surface area contributed by atoms with Crippen LogP contribution in [0.25, 0.3) is 11.3 Å². The Kier molecular flexibility index (Phi) is 3.58. The second-order valence-electron chi connectivity index (χ2n) is 3.74. The molecule has 2 aromatic rings. The fraction of sp³-hybridized carbons (Fsp3) is 0.0769. The quantitative estimate of drug-likeness (QED) is 0.927.